The lowest BCUT2D eigenvalue weighted by molar-refractivity contribution is 0.140. The van der Waals surface area contributed by atoms with Crippen molar-refractivity contribution in [3.05, 3.63) is 21.4 Å². The molecular weight excluding hydrogens is 194 g/mol. The second-order valence-electron chi connectivity index (χ2n) is 4.05. The van der Waals surface area contributed by atoms with Crippen LogP contribution in [-0.2, 0) is 0 Å². The number of aliphatic hydroxyl groups excluding tert-OH is 1. The SMILES string of the molecule is Cc1cc(C)c(C(O)C2CCCN2)s1. The topological polar surface area (TPSA) is 32.3 Å². The van der Waals surface area contributed by atoms with Crippen LogP contribution in [0.3, 0.4) is 0 Å². The van der Waals surface area contributed by atoms with Gasteiger partial charge in [0.15, 0.2) is 0 Å². The van der Waals surface area contributed by atoms with Crippen molar-refractivity contribution < 1.29 is 5.11 Å². The third-order valence-corrected chi connectivity index (χ3v) is 4.05. The van der Waals surface area contributed by atoms with Gasteiger partial charge in [-0.25, -0.2) is 0 Å². The minimum Gasteiger partial charge on any atom is -0.386 e. The quantitative estimate of drug-likeness (QED) is 0.785. The van der Waals surface area contributed by atoms with Crippen LogP contribution >= 0.6 is 11.3 Å². The first-order chi connectivity index (χ1) is 6.68. The molecule has 2 atom stereocenters. The Morgan fingerprint density at radius 1 is 1.57 bits per heavy atom. The van der Waals surface area contributed by atoms with Crippen molar-refractivity contribution in [1.29, 1.82) is 0 Å². The van der Waals surface area contributed by atoms with Crippen molar-refractivity contribution >= 4 is 11.3 Å². The lowest BCUT2D eigenvalue weighted by atomic mass is 10.1. The summed E-state index contributed by atoms with van der Waals surface area (Å²) >= 11 is 1.72. The molecule has 78 valence electrons. The number of aryl methyl sites for hydroxylation is 2. The highest BCUT2D eigenvalue weighted by atomic mass is 32.1. The summed E-state index contributed by atoms with van der Waals surface area (Å²) in [6.45, 7) is 5.22. The van der Waals surface area contributed by atoms with Crippen LogP contribution in [0.2, 0.25) is 0 Å². The molecule has 0 bridgehead atoms. The number of hydrogen-bond acceptors (Lipinski definition) is 3. The number of aliphatic hydroxyl groups is 1. The lowest BCUT2D eigenvalue weighted by Crippen LogP contribution is -2.28. The Balaban J connectivity index is 2.17. The fraction of sp³-hybridized carbons (Fsp3) is 0.636. The molecule has 14 heavy (non-hydrogen) atoms. The summed E-state index contributed by atoms with van der Waals surface area (Å²) in [5.41, 5.74) is 1.23. The van der Waals surface area contributed by atoms with E-state index in [0.717, 1.165) is 17.8 Å². The first-order valence-corrected chi connectivity index (χ1v) is 5.98. The normalized spacial score (nSPS) is 24.1. The van der Waals surface area contributed by atoms with Crippen LogP contribution in [0, 0.1) is 13.8 Å². The second kappa shape index (κ2) is 4.01. The van der Waals surface area contributed by atoms with E-state index in [-0.39, 0.29) is 12.1 Å². The van der Waals surface area contributed by atoms with Gasteiger partial charge >= 0.3 is 0 Å². The molecule has 1 aromatic heterocycles. The van der Waals surface area contributed by atoms with Crippen molar-refractivity contribution in [2.24, 2.45) is 0 Å². The maximum Gasteiger partial charge on any atom is 0.104 e. The fourth-order valence-corrected chi connectivity index (χ4v) is 3.20. The highest BCUT2D eigenvalue weighted by molar-refractivity contribution is 7.12. The predicted molar refractivity (Wildman–Crippen MR) is 59.8 cm³/mol. The minimum absolute atomic E-state index is 0.270. The first kappa shape index (κ1) is 10.1. The van der Waals surface area contributed by atoms with Crippen molar-refractivity contribution in [3.63, 3.8) is 0 Å². The molecule has 0 aromatic carbocycles. The van der Waals surface area contributed by atoms with Gasteiger partial charge in [0, 0.05) is 15.8 Å². The number of nitrogens with one attached hydrogen (secondary N) is 1. The van der Waals surface area contributed by atoms with Gasteiger partial charge in [-0.05, 0) is 44.9 Å². The number of thiophene rings is 1. The Kier molecular flexibility index (Phi) is 2.91. The summed E-state index contributed by atoms with van der Waals surface area (Å²) in [7, 11) is 0. The summed E-state index contributed by atoms with van der Waals surface area (Å²) in [5, 5.41) is 13.5. The van der Waals surface area contributed by atoms with Gasteiger partial charge in [-0.1, -0.05) is 0 Å². The summed E-state index contributed by atoms with van der Waals surface area (Å²) in [4.78, 5) is 2.43. The van der Waals surface area contributed by atoms with Crippen molar-refractivity contribution in [2.75, 3.05) is 6.54 Å². The van der Waals surface area contributed by atoms with E-state index >= 15 is 0 Å². The van der Waals surface area contributed by atoms with Gasteiger partial charge in [0.1, 0.15) is 6.10 Å². The van der Waals surface area contributed by atoms with Crippen LogP contribution in [0.5, 0.6) is 0 Å². The molecule has 0 spiro atoms. The van der Waals surface area contributed by atoms with Gasteiger partial charge in [0.2, 0.25) is 0 Å². The van der Waals surface area contributed by atoms with Gasteiger partial charge in [-0.2, -0.15) is 0 Å². The summed E-state index contributed by atoms with van der Waals surface area (Å²) in [5.74, 6) is 0. The summed E-state index contributed by atoms with van der Waals surface area (Å²) in [6.07, 6.45) is 1.97. The summed E-state index contributed by atoms with van der Waals surface area (Å²) in [6, 6.07) is 2.42. The average Bonchev–Trinajstić information content (AvgIpc) is 2.73. The van der Waals surface area contributed by atoms with Crippen molar-refractivity contribution in [1.82, 2.24) is 5.32 Å². The van der Waals surface area contributed by atoms with Gasteiger partial charge in [0.05, 0.1) is 0 Å². The average molecular weight is 211 g/mol. The highest BCUT2D eigenvalue weighted by Gasteiger charge is 2.26. The molecular formula is C11H17NOS. The number of rotatable bonds is 2. The molecule has 2 N–H and O–H groups in total. The Morgan fingerprint density at radius 2 is 2.36 bits per heavy atom. The van der Waals surface area contributed by atoms with E-state index in [1.165, 1.54) is 16.9 Å². The molecule has 0 radical (unpaired) electrons. The van der Waals surface area contributed by atoms with Gasteiger partial charge in [0.25, 0.3) is 0 Å². The molecule has 0 saturated carbocycles. The Hall–Kier alpha value is -0.380. The van der Waals surface area contributed by atoms with E-state index in [4.69, 9.17) is 0 Å². The third-order valence-electron chi connectivity index (χ3n) is 2.83. The van der Waals surface area contributed by atoms with E-state index in [2.05, 4.69) is 25.2 Å². The minimum atomic E-state index is -0.309. The molecule has 0 aliphatic carbocycles. The maximum absolute atomic E-state index is 10.2. The molecule has 1 aliphatic heterocycles. The standard InChI is InChI=1S/C11H17NOS/c1-7-6-8(2)14-11(7)10(13)9-4-3-5-12-9/h6,9-10,12-13H,3-5H2,1-2H3. The summed E-state index contributed by atoms with van der Waals surface area (Å²) < 4.78 is 0. The molecule has 0 amide bonds. The first-order valence-electron chi connectivity index (χ1n) is 5.17. The van der Waals surface area contributed by atoms with Crippen LogP contribution in [0.15, 0.2) is 6.07 Å². The van der Waals surface area contributed by atoms with E-state index in [1.807, 2.05) is 0 Å². The van der Waals surface area contributed by atoms with Gasteiger partial charge < -0.3 is 10.4 Å². The fourth-order valence-electron chi connectivity index (χ4n) is 2.12. The Labute approximate surface area is 89.0 Å². The molecule has 2 rings (SSSR count). The molecule has 2 unspecified atom stereocenters. The number of hydrogen-bond donors (Lipinski definition) is 2. The van der Waals surface area contributed by atoms with E-state index in [0.29, 0.717) is 0 Å². The molecule has 1 aromatic rings. The Morgan fingerprint density at radius 3 is 2.86 bits per heavy atom. The smallest absolute Gasteiger partial charge is 0.104 e. The third kappa shape index (κ3) is 1.85. The van der Waals surface area contributed by atoms with E-state index < -0.39 is 0 Å². The van der Waals surface area contributed by atoms with Gasteiger partial charge in [-0.15, -0.1) is 11.3 Å². The molecule has 1 aliphatic rings. The van der Waals surface area contributed by atoms with Crippen molar-refractivity contribution in [3.8, 4) is 0 Å². The van der Waals surface area contributed by atoms with Gasteiger partial charge in [-0.3, -0.25) is 0 Å². The van der Waals surface area contributed by atoms with Crippen LogP contribution in [0.4, 0.5) is 0 Å². The van der Waals surface area contributed by atoms with Crippen LogP contribution in [0.1, 0.15) is 34.3 Å². The maximum atomic E-state index is 10.2. The zero-order valence-electron chi connectivity index (χ0n) is 8.71. The zero-order chi connectivity index (χ0) is 10.1. The van der Waals surface area contributed by atoms with Crippen LogP contribution in [0.25, 0.3) is 0 Å². The molecule has 1 saturated heterocycles. The predicted octanol–water partition coefficient (Wildman–Crippen LogP) is 2.15. The molecule has 3 heteroatoms. The highest BCUT2D eigenvalue weighted by Crippen LogP contribution is 2.31. The molecule has 2 heterocycles. The monoisotopic (exact) mass is 211 g/mol. The van der Waals surface area contributed by atoms with E-state index in [9.17, 15) is 5.11 Å². The zero-order valence-corrected chi connectivity index (χ0v) is 9.53. The Bertz CT molecular complexity index is 315. The van der Waals surface area contributed by atoms with Crippen molar-refractivity contribution in [2.45, 2.75) is 38.8 Å². The molecule has 1 fully saturated rings. The largest absolute Gasteiger partial charge is 0.386 e. The van der Waals surface area contributed by atoms with E-state index in [1.54, 1.807) is 11.3 Å². The second-order valence-corrected chi connectivity index (χ2v) is 5.34. The lowest BCUT2D eigenvalue weighted by Gasteiger charge is -2.17. The van der Waals surface area contributed by atoms with Crippen LogP contribution < -0.4 is 5.32 Å². The van der Waals surface area contributed by atoms with Crippen LogP contribution in [-0.4, -0.2) is 17.7 Å². The molecule has 2 nitrogen and oxygen atoms in total.